The number of hydroxylamine groups is 2. The van der Waals surface area contributed by atoms with Crippen LogP contribution in [0.5, 0.6) is 5.75 Å². The fourth-order valence-electron chi connectivity index (χ4n) is 3.55. The molecule has 0 aliphatic carbocycles. The number of anilines is 1. The van der Waals surface area contributed by atoms with Gasteiger partial charge >= 0.3 is 0 Å². The molecule has 126 valence electrons. The topological polar surface area (TPSA) is 67.9 Å². The fraction of sp³-hybridized carbons (Fsp3) is 0.562. The van der Waals surface area contributed by atoms with E-state index in [1.807, 2.05) is 0 Å². The predicted molar refractivity (Wildman–Crippen MR) is 90.0 cm³/mol. The largest absolute Gasteiger partial charge is 0.756 e. The van der Waals surface area contributed by atoms with Crippen LogP contribution in [0.1, 0.15) is 23.2 Å². The number of carbonyl (C=O) groups excluding carboxylic acids is 1. The standard InChI is InChI=1S/C16H21ClN3O3/c1-18-13-8-15(23-2)11(7-12(13)17)16(21)20(22)14-9-19-5-3-10(14)4-6-19/h7-8,10,14,18H,3-6,9H2,1-2H3/q-1. The van der Waals surface area contributed by atoms with Crippen molar-refractivity contribution in [2.45, 2.75) is 18.9 Å². The molecule has 3 saturated heterocycles. The van der Waals surface area contributed by atoms with Crippen LogP contribution in [0.2, 0.25) is 5.02 Å². The second-order valence-electron chi connectivity index (χ2n) is 6.12. The number of rotatable bonds is 4. The third kappa shape index (κ3) is 2.98. The van der Waals surface area contributed by atoms with Crippen LogP contribution in [0.15, 0.2) is 12.1 Å². The van der Waals surface area contributed by atoms with Gasteiger partial charge in [-0.1, -0.05) is 11.6 Å². The molecule has 0 radical (unpaired) electrons. The van der Waals surface area contributed by atoms with Crippen LogP contribution in [0.25, 0.3) is 0 Å². The minimum atomic E-state index is -0.579. The Balaban J connectivity index is 1.86. The average Bonchev–Trinajstić information content (AvgIpc) is 2.61. The highest BCUT2D eigenvalue weighted by atomic mass is 35.5. The van der Waals surface area contributed by atoms with Crippen molar-refractivity contribution < 1.29 is 9.53 Å². The second kappa shape index (κ2) is 6.55. The first-order valence-corrected chi connectivity index (χ1v) is 8.21. The zero-order valence-electron chi connectivity index (χ0n) is 13.3. The zero-order chi connectivity index (χ0) is 16.6. The molecule has 1 aromatic rings. The van der Waals surface area contributed by atoms with Crippen molar-refractivity contribution in [2.24, 2.45) is 5.92 Å². The van der Waals surface area contributed by atoms with E-state index in [0.717, 1.165) is 25.9 Å². The first-order chi connectivity index (χ1) is 11.0. The molecule has 3 aliphatic heterocycles. The van der Waals surface area contributed by atoms with Gasteiger partial charge in [0, 0.05) is 25.7 Å². The van der Waals surface area contributed by atoms with E-state index in [9.17, 15) is 10.0 Å². The Morgan fingerprint density at radius 2 is 2.13 bits per heavy atom. The molecule has 1 N–H and O–H groups in total. The summed E-state index contributed by atoms with van der Waals surface area (Å²) in [5.41, 5.74) is 0.864. The van der Waals surface area contributed by atoms with Gasteiger partial charge in [-0.05, 0) is 37.9 Å². The Kier molecular flexibility index (Phi) is 4.66. The van der Waals surface area contributed by atoms with Crippen molar-refractivity contribution in [2.75, 3.05) is 39.1 Å². The predicted octanol–water partition coefficient (Wildman–Crippen LogP) is 2.42. The number of benzene rings is 1. The SMILES string of the molecule is CNc1cc(OC)c(C(=O)N([O-])C2CN3CCC2CC3)cc1Cl. The number of methoxy groups -OCH3 is 1. The molecule has 6 nitrogen and oxygen atoms in total. The second-order valence-corrected chi connectivity index (χ2v) is 6.53. The Labute approximate surface area is 140 Å². The monoisotopic (exact) mass is 338 g/mol. The summed E-state index contributed by atoms with van der Waals surface area (Å²) >= 11 is 6.16. The first-order valence-electron chi connectivity index (χ1n) is 7.83. The molecule has 1 amide bonds. The molecule has 2 bridgehead atoms. The van der Waals surface area contributed by atoms with Gasteiger partial charge in [0.2, 0.25) is 5.91 Å². The molecule has 3 fully saturated rings. The van der Waals surface area contributed by atoms with Gasteiger partial charge in [0.25, 0.3) is 0 Å². The summed E-state index contributed by atoms with van der Waals surface area (Å²) in [7, 11) is 3.21. The van der Waals surface area contributed by atoms with Crippen LogP contribution >= 0.6 is 11.6 Å². The Morgan fingerprint density at radius 3 is 2.65 bits per heavy atom. The van der Waals surface area contributed by atoms with Gasteiger partial charge in [0.1, 0.15) is 5.75 Å². The first kappa shape index (κ1) is 16.4. The summed E-state index contributed by atoms with van der Waals surface area (Å²) in [4.78, 5) is 14.9. The highest BCUT2D eigenvalue weighted by molar-refractivity contribution is 6.33. The number of piperidine rings is 3. The highest BCUT2D eigenvalue weighted by Crippen LogP contribution is 2.34. The van der Waals surface area contributed by atoms with Crippen molar-refractivity contribution in [3.8, 4) is 5.75 Å². The Hall–Kier alpha value is -1.50. The molecule has 3 heterocycles. The number of carbonyl (C=O) groups is 1. The van der Waals surface area contributed by atoms with E-state index < -0.39 is 5.91 Å². The van der Waals surface area contributed by atoms with Crippen LogP contribution in [-0.4, -0.2) is 55.7 Å². The van der Waals surface area contributed by atoms with E-state index in [0.29, 0.717) is 34.0 Å². The summed E-state index contributed by atoms with van der Waals surface area (Å²) in [6.07, 6.45) is 1.96. The quantitative estimate of drug-likeness (QED) is 0.854. The van der Waals surface area contributed by atoms with E-state index in [1.165, 1.54) is 13.2 Å². The third-order valence-electron chi connectivity index (χ3n) is 4.91. The molecular formula is C16H21ClN3O3-. The molecular weight excluding hydrogens is 318 g/mol. The summed E-state index contributed by atoms with van der Waals surface area (Å²) in [5.74, 6) is 0.0653. The number of nitrogens with zero attached hydrogens (tertiary/aromatic N) is 2. The molecule has 0 saturated carbocycles. The van der Waals surface area contributed by atoms with Crippen LogP contribution in [0.4, 0.5) is 5.69 Å². The smallest absolute Gasteiger partial charge is 0.247 e. The van der Waals surface area contributed by atoms with Crippen molar-refractivity contribution in [3.63, 3.8) is 0 Å². The van der Waals surface area contributed by atoms with Crippen LogP contribution in [0.3, 0.4) is 0 Å². The van der Waals surface area contributed by atoms with Crippen LogP contribution < -0.4 is 10.1 Å². The number of fused-ring (bicyclic) bond motifs is 3. The molecule has 3 aliphatic rings. The summed E-state index contributed by atoms with van der Waals surface area (Å²) < 4.78 is 5.27. The van der Waals surface area contributed by atoms with Crippen molar-refractivity contribution in [3.05, 3.63) is 27.9 Å². The zero-order valence-corrected chi connectivity index (χ0v) is 14.1. The summed E-state index contributed by atoms with van der Waals surface area (Å²) in [5, 5.41) is 16.6. The van der Waals surface area contributed by atoms with Crippen molar-refractivity contribution >= 4 is 23.2 Å². The van der Waals surface area contributed by atoms with E-state index in [1.54, 1.807) is 13.1 Å². The fourth-order valence-corrected chi connectivity index (χ4v) is 3.81. The lowest BCUT2D eigenvalue weighted by molar-refractivity contribution is 0.0229. The number of nitrogens with one attached hydrogen (secondary N) is 1. The molecule has 4 rings (SSSR count). The number of hydrogen-bond acceptors (Lipinski definition) is 5. The summed E-state index contributed by atoms with van der Waals surface area (Å²) in [6.45, 7) is 2.70. The minimum absolute atomic E-state index is 0.211. The van der Waals surface area contributed by atoms with E-state index in [-0.39, 0.29) is 11.6 Å². The molecule has 23 heavy (non-hydrogen) atoms. The summed E-state index contributed by atoms with van der Waals surface area (Å²) in [6, 6.07) is 2.86. The lowest BCUT2D eigenvalue weighted by Gasteiger charge is -2.51. The Morgan fingerprint density at radius 1 is 1.43 bits per heavy atom. The number of hydrogen-bond donors (Lipinski definition) is 1. The van der Waals surface area contributed by atoms with Crippen molar-refractivity contribution in [1.82, 2.24) is 9.96 Å². The van der Waals surface area contributed by atoms with Crippen molar-refractivity contribution in [1.29, 1.82) is 0 Å². The van der Waals surface area contributed by atoms with Gasteiger partial charge in [-0.25, -0.2) is 0 Å². The lowest BCUT2D eigenvalue weighted by Crippen LogP contribution is -2.57. The maximum atomic E-state index is 12.7. The molecule has 0 spiro atoms. The van der Waals surface area contributed by atoms with Gasteiger partial charge < -0.3 is 25.2 Å². The number of halogens is 1. The maximum Gasteiger partial charge on any atom is 0.247 e. The van der Waals surface area contributed by atoms with Gasteiger partial charge in [-0.2, -0.15) is 0 Å². The molecule has 1 unspecified atom stereocenters. The molecule has 1 aromatic carbocycles. The van der Waals surface area contributed by atoms with E-state index in [4.69, 9.17) is 16.3 Å². The molecule has 0 aromatic heterocycles. The Bertz CT molecular complexity index is 602. The van der Waals surface area contributed by atoms with E-state index in [2.05, 4.69) is 10.2 Å². The normalized spacial score (nSPS) is 26.0. The van der Waals surface area contributed by atoms with Crippen LogP contribution in [-0.2, 0) is 0 Å². The third-order valence-corrected chi connectivity index (χ3v) is 5.22. The van der Waals surface area contributed by atoms with E-state index >= 15 is 0 Å². The van der Waals surface area contributed by atoms with Gasteiger partial charge in [-0.15, -0.1) is 0 Å². The van der Waals surface area contributed by atoms with Gasteiger partial charge in [0.15, 0.2) is 0 Å². The molecule has 7 heteroatoms. The number of amides is 1. The maximum absolute atomic E-state index is 12.7. The van der Waals surface area contributed by atoms with Gasteiger partial charge in [-0.3, -0.25) is 4.79 Å². The average molecular weight is 339 g/mol. The number of ether oxygens (including phenoxy) is 1. The lowest BCUT2D eigenvalue weighted by atomic mass is 9.83. The molecule has 1 atom stereocenters. The highest BCUT2D eigenvalue weighted by Gasteiger charge is 2.36. The van der Waals surface area contributed by atoms with Gasteiger partial charge in [0.05, 0.1) is 23.4 Å². The van der Waals surface area contributed by atoms with Crippen LogP contribution in [0, 0.1) is 11.1 Å². The minimum Gasteiger partial charge on any atom is -0.756 e.